The van der Waals surface area contributed by atoms with Gasteiger partial charge >= 0.3 is 0 Å². The maximum Gasteiger partial charge on any atom is 0.269 e. The first kappa shape index (κ1) is 20.4. The minimum Gasteiger partial charge on any atom is -0.371 e. The molecule has 0 bridgehead atoms. The van der Waals surface area contributed by atoms with Crippen LogP contribution < -0.4 is 10.2 Å². The quantitative estimate of drug-likeness (QED) is 0.685. The van der Waals surface area contributed by atoms with Gasteiger partial charge in [0, 0.05) is 38.3 Å². The molecule has 8 heteroatoms. The molecule has 0 aliphatic carbocycles. The van der Waals surface area contributed by atoms with E-state index in [4.69, 9.17) is 0 Å². The molecule has 0 fully saturated rings. The number of anilines is 1. The van der Waals surface area contributed by atoms with Gasteiger partial charge < -0.3 is 10.2 Å². The number of carbonyl (C=O) groups is 2. The third-order valence-corrected chi connectivity index (χ3v) is 7.43. The lowest BCUT2D eigenvalue weighted by Crippen LogP contribution is -2.36. The smallest absolute Gasteiger partial charge is 0.269 e. The van der Waals surface area contributed by atoms with Crippen LogP contribution in [-0.2, 0) is 21.2 Å². The number of aryl methyl sites for hydroxylation is 1. The Morgan fingerprint density at radius 3 is 2.63 bits per heavy atom. The van der Waals surface area contributed by atoms with Gasteiger partial charge in [0.15, 0.2) is 0 Å². The van der Waals surface area contributed by atoms with E-state index in [1.807, 2.05) is 6.07 Å². The van der Waals surface area contributed by atoms with E-state index in [0.717, 1.165) is 36.7 Å². The van der Waals surface area contributed by atoms with Crippen molar-refractivity contribution in [3.8, 4) is 0 Å². The summed E-state index contributed by atoms with van der Waals surface area (Å²) in [7, 11) is -3.86. The standard InChI is InChI=1S/C22H25N3O4S/c26-21(12-16-25-22(27)18-9-2-4-11-20(18)30(25,28)29)23-13-6-15-24-14-5-8-17-7-1-3-10-19(17)24/h1-4,7,9-11H,5-6,8,12-16H2,(H,23,26). The number of nitrogens with one attached hydrogen (secondary N) is 1. The molecule has 4 rings (SSSR count). The van der Waals surface area contributed by atoms with Crippen molar-refractivity contribution in [1.29, 1.82) is 0 Å². The summed E-state index contributed by atoms with van der Waals surface area (Å²) < 4.78 is 25.8. The number of rotatable bonds is 7. The van der Waals surface area contributed by atoms with E-state index < -0.39 is 15.9 Å². The maximum atomic E-state index is 12.5. The summed E-state index contributed by atoms with van der Waals surface area (Å²) in [6.07, 6.45) is 2.98. The van der Waals surface area contributed by atoms with E-state index in [2.05, 4.69) is 28.4 Å². The minimum atomic E-state index is -3.86. The second kappa shape index (κ2) is 8.47. The van der Waals surface area contributed by atoms with Gasteiger partial charge in [-0.15, -0.1) is 0 Å². The lowest BCUT2D eigenvalue weighted by atomic mass is 10.0. The van der Waals surface area contributed by atoms with Crippen LogP contribution >= 0.6 is 0 Å². The number of amides is 2. The number of fused-ring (bicyclic) bond motifs is 2. The van der Waals surface area contributed by atoms with E-state index in [-0.39, 0.29) is 29.3 Å². The average Bonchev–Trinajstić information content (AvgIpc) is 2.95. The molecular formula is C22H25N3O4S. The van der Waals surface area contributed by atoms with Crippen molar-refractivity contribution in [2.45, 2.75) is 30.6 Å². The molecule has 7 nitrogen and oxygen atoms in total. The molecule has 0 spiro atoms. The summed E-state index contributed by atoms with van der Waals surface area (Å²) in [5.74, 6) is -0.824. The first-order valence-corrected chi connectivity index (χ1v) is 11.7. The number of carbonyl (C=O) groups excluding carboxylic acids is 2. The lowest BCUT2D eigenvalue weighted by Gasteiger charge is -2.31. The molecule has 0 radical (unpaired) electrons. The molecule has 2 heterocycles. The first-order valence-electron chi connectivity index (χ1n) is 10.2. The molecule has 158 valence electrons. The fourth-order valence-electron chi connectivity index (χ4n) is 4.09. The van der Waals surface area contributed by atoms with E-state index in [1.165, 1.54) is 23.4 Å². The van der Waals surface area contributed by atoms with Crippen LogP contribution in [0.25, 0.3) is 0 Å². The Morgan fingerprint density at radius 2 is 1.80 bits per heavy atom. The monoisotopic (exact) mass is 427 g/mol. The number of hydrogen-bond acceptors (Lipinski definition) is 5. The highest BCUT2D eigenvalue weighted by atomic mass is 32.2. The summed E-state index contributed by atoms with van der Waals surface area (Å²) in [5.41, 5.74) is 2.80. The molecule has 2 aromatic carbocycles. The van der Waals surface area contributed by atoms with Crippen molar-refractivity contribution in [2.75, 3.05) is 31.1 Å². The minimum absolute atomic E-state index is 0.0113. The Morgan fingerprint density at radius 1 is 1.03 bits per heavy atom. The van der Waals surface area contributed by atoms with Crippen molar-refractivity contribution in [2.24, 2.45) is 0 Å². The Labute approximate surface area is 176 Å². The number of sulfonamides is 1. The van der Waals surface area contributed by atoms with Gasteiger partial charge in [-0.2, -0.15) is 0 Å². The SMILES string of the molecule is O=C(CCN1C(=O)c2ccccc2S1(=O)=O)NCCCN1CCCc2ccccc21. The highest BCUT2D eigenvalue weighted by molar-refractivity contribution is 7.90. The zero-order valence-electron chi connectivity index (χ0n) is 16.7. The Balaban J connectivity index is 1.24. The lowest BCUT2D eigenvalue weighted by molar-refractivity contribution is -0.121. The molecule has 0 saturated heterocycles. The zero-order chi connectivity index (χ0) is 21.1. The van der Waals surface area contributed by atoms with Crippen LogP contribution in [-0.4, -0.2) is 50.7 Å². The van der Waals surface area contributed by atoms with Crippen LogP contribution in [0.2, 0.25) is 0 Å². The molecule has 2 aliphatic rings. The molecular weight excluding hydrogens is 402 g/mol. The Hall–Kier alpha value is -2.87. The van der Waals surface area contributed by atoms with Crippen LogP contribution in [0.1, 0.15) is 35.2 Å². The normalized spacial score (nSPS) is 16.9. The van der Waals surface area contributed by atoms with Gasteiger partial charge in [0.2, 0.25) is 5.91 Å². The number of hydrogen-bond donors (Lipinski definition) is 1. The largest absolute Gasteiger partial charge is 0.371 e. The van der Waals surface area contributed by atoms with E-state index in [0.29, 0.717) is 6.54 Å². The summed E-state index contributed by atoms with van der Waals surface area (Å²) in [5, 5.41) is 2.84. The second-order valence-electron chi connectivity index (χ2n) is 7.55. The molecule has 30 heavy (non-hydrogen) atoms. The summed E-state index contributed by atoms with van der Waals surface area (Å²) in [4.78, 5) is 26.9. The topological polar surface area (TPSA) is 86.8 Å². The summed E-state index contributed by atoms with van der Waals surface area (Å²) in [6.45, 7) is 2.23. The van der Waals surface area contributed by atoms with Gasteiger partial charge in [-0.05, 0) is 43.0 Å². The molecule has 0 atom stereocenters. The second-order valence-corrected chi connectivity index (χ2v) is 9.38. The molecule has 1 N–H and O–H groups in total. The number of para-hydroxylation sites is 1. The molecule has 0 saturated carbocycles. The fourth-order valence-corrected chi connectivity index (χ4v) is 5.65. The van der Waals surface area contributed by atoms with Crippen molar-refractivity contribution >= 4 is 27.5 Å². The summed E-state index contributed by atoms with van der Waals surface area (Å²) >= 11 is 0. The molecule has 2 aromatic rings. The van der Waals surface area contributed by atoms with E-state index in [9.17, 15) is 18.0 Å². The Kier molecular flexibility index (Phi) is 5.76. The maximum absolute atomic E-state index is 12.5. The fraction of sp³-hybridized carbons (Fsp3) is 0.364. The van der Waals surface area contributed by atoms with Crippen molar-refractivity contribution in [3.05, 3.63) is 59.7 Å². The third kappa shape index (κ3) is 3.92. The van der Waals surface area contributed by atoms with Gasteiger partial charge in [0.1, 0.15) is 4.90 Å². The zero-order valence-corrected chi connectivity index (χ0v) is 17.5. The van der Waals surface area contributed by atoms with Gasteiger partial charge in [0.25, 0.3) is 15.9 Å². The van der Waals surface area contributed by atoms with Crippen LogP contribution in [0.3, 0.4) is 0 Å². The Bertz CT molecular complexity index is 1070. The third-order valence-electron chi connectivity index (χ3n) is 5.59. The van der Waals surface area contributed by atoms with Crippen LogP contribution in [0.4, 0.5) is 5.69 Å². The summed E-state index contributed by atoms with van der Waals surface area (Å²) in [6, 6.07) is 14.5. The highest BCUT2D eigenvalue weighted by Crippen LogP contribution is 2.30. The van der Waals surface area contributed by atoms with E-state index >= 15 is 0 Å². The van der Waals surface area contributed by atoms with Crippen molar-refractivity contribution < 1.29 is 18.0 Å². The average molecular weight is 428 g/mol. The van der Waals surface area contributed by atoms with Crippen LogP contribution in [0.15, 0.2) is 53.4 Å². The number of benzene rings is 2. The van der Waals surface area contributed by atoms with Gasteiger partial charge in [-0.25, -0.2) is 12.7 Å². The van der Waals surface area contributed by atoms with Crippen LogP contribution in [0, 0.1) is 0 Å². The van der Waals surface area contributed by atoms with E-state index in [1.54, 1.807) is 12.1 Å². The van der Waals surface area contributed by atoms with Gasteiger partial charge in [-0.3, -0.25) is 9.59 Å². The molecule has 2 aliphatic heterocycles. The van der Waals surface area contributed by atoms with Gasteiger partial charge in [-0.1, -0.05) is 30.3 Å². The molecule has 0 unspecified atom stereocenters. The van der Waals surface area contributed by atoms with Crippen molar-refractivity contribution in [3.63, 3.8) is 0 Å². The van der Waals surface area contributed by atoms with Crippen molar-refractivity contribution in [1.82, 2.24) is 9.62 Å². The van der Waals surface area contributed by atoms with Gasteiger partial charge in [0.05, 0.1) is 5.56 Å². The first-order chi connectivity index (χ1) is 14.5. The van der Waals surface area contributed by atoms with Crippen LogP contribution in [0.5, 0.6) is 0 Å². The molecule has 2 amide bonds. The predicted octanol–water partition coefficient (Wildman–Crippen LogP) is 2.18. The number of nitrogens with zero attached hydrogens (tertiary/aromatic N) is 2. The predicted molar refractivity (Wildman–Crippen MR) is 114 cm³/mol. The highest BCUT2D eigenvalue weighted by Gasteiger charge is 2.40. The molecule has 0 aromatic heterocycles.